The lowest BCUT2D eigenvalue weighted by molar-refractivity contribution is -0.152. The number of nitrogens with one attached hydrogen (secondary N) is 1. The molecule has 1 heterocycles. The second kappa shape index (κ2) is 8.06. The predicted octanol–water partition coefficient (Wildman–Crippen LogP) is -0.0923. The van der Waals surface area contributed by atoms with Crippen LogP contribution in [0.1, 0.15) is 24.9 Å². The summed E-state index contributed by atoms with van der Waals surface area (Å²) in [5.41, 5.74) is 6.56. The van der Waals surface area contributed by atoms with E-state index in [4.69, 9.17) is 5.73 Å². The van der Waals surface area contributed by atoms with E-state index in [0.717, 1.165) is 10.0 Å². The van der Waals surface area contributed by atoms with Gasteiger partial charge in [-0.25, -0.2) is 0 Å². The van der Waals surface area contributed by atoms with Crippen molar-refractivity contribution in [3.63, 3.8) is 0 Å². The normalized spacial score (nSPS) is 21.2. The number of carbonyl (C=O) groups is 2. The van der Waals surface area contributed by atoms with Gasteiger partial charge in [0, 0.05) is 23.6 Å². The van der Waals surface area contributed by atoms with Crippen molar-refractivity contribution in [3.05, 3.63) is 34.3 Å². The molecule has 1 saturated heterocycles. The molecule has 0 radical (unpaired) electrons. The minimum absolute atomic E-state index is 0.135. The summed E-state index contributed by atoms with van der Waals surface area (Å²) < 4.78 is 0.912. The zero-order chi connectivity index (χ0) is 17.9. The highest BCUT2D eigenvalue weighted by molar-refractivity contribution is 9.10. The van der Waals surface area contributed by atoms with Crippen LogP contribution in [-0.2, 0) is 9.59 Å². The Morgan fingerprint density at radius 3 is 2.46 bits per heavy atom. The Bertz CT molecular complexity index is 595. The molecule has 0 aliphatic carbocycles. The number of hydrogen-bond donors (Lipinski definition) is 4. The summed E-state index contributed by atoms with van der Waals surface area (Å²) >= 11 is 3.33. The van der Waals surface area contributed by atoms with Gasteiger partial charge in [0.05, 0.1) is 6.04 Å². The number of aliphatic hydroxyl groups is 2. The molecule has 2 amide bonds. The fraction of sp³-hybridized carbons (Fsp3) is 0.500. The Kier molecular flexibility index (Phi) is 6.34. The van der Waals surface area contributed by atoms with E-state index in [1.165, 1.54) is 4.90 Å². The van der Waals surface area contributed by atoms with Gasteiger partial charge in [0.25, 0.3) is 11.8 Å². The number of carbonyl (C=O) groups excluding carboxylic acids is 2. The summed E-state index contributed by atoms with van der Waals surface area (Å²) in [7, 11) is 0. The molecule has 2 rings (SSSR count). The van der Waals surface area contributed by atoms with E-state index >= 15 is 0 Å². The number of aliphatic hydroxyl groups excluding tert-OH is 2. The van der Waals surface area contributed by atoms with E-state index < -0.39 is 24.0 Å². The maximum absolute atomic E-state index is 12.1. The molecule has 0 bridgehead atoms. The van der Waals surface area contributed by atoms with Gasteiger partial charge in [0.1, 0.15) is 0 Å². The molecule has 1 fully saturated rings. The van der Waals surface area contributed by atoms with Gasteiger partial charge in [-0.3, -0.25) is 9.59 Å². The van der Waals surface area contributed by atoms with Crippen molar-refractivity contribution in [1.29, 1.82) is 0 Å². The summed E-state index contributed by atoms with van der Waals surface area (Å²) in [4.78, 5) is 25.6. The maximum atomic E-state index is 12.1. The van der Waals surface area contributed by atoms with Gasteiger partial charge in [-0.05, 0) is 31.0 Å². The van der Waals surface area contributed by atoms with Crippen LogP contribution in [0.3, 0.4) is 0 Å². The molecule has 1 aromatic rings. The van der Waals surface area contributed by atoms with Crippen LogP contribution in [0.25, 0.3) is 0 Å². The minimum atomic E-state index is -1.83. The first-order valence-electron chi connectivity index (χ1n) is 7.76. The maximum Gasteiger partial charge on any atom is 0.254 e. The van der Waals surface area contributed by atoms with Crippen molar-refractivity contribution in [2.75, 3.05) is 13.1 Å². The van der Waals surface area contributed by atoms with Crippen LogP contribution >= 0.6 is 15.9 Å². The molecule has 0 aromatic heterocycles. The van der Waals surface area contributed by atoms with Crippen molar-refractivity contribution in [2.24, 2.45) is 5.73 Å². The molecule has 132 valence electrons. The third-order valence-electron chi connectivity index (χ3n) is 4.09. The largest absolute Gasteiger partial charge is 0.380 e. The molecule has 4 atom stereocenters. The number of nitrogens with zero attached hydrogens (tertiary/aromatic N) is 1. The fourth-order valence-corrected chi connectivity index (χ4v) is 2.85. The van der Waals surface area contributed by atoms with E-state index in [-0.39, 0.29) is 12.1 Å². The number of nitrogens with two attached hydrogens (primary N) is 1. The smallest absolute Gasteiger partial charge is 0.254 e. The highest BCUT2D eigenvalue weighted by atomic mass is 79.9. The topological polar surface area (TPSA) is 116 Å². The molecular weight excluding hydrogens is 378 g/mol. The Morgan fingerprint density at radius 2 is 1.92 bits per heavy atom. The zero-order valence-corrected chi connectivity index (χ0v) is 14.9. The lowest BCUT2D eigenvalue weighted by Crippen LogP contribution is -2.50. The van der Waals surface area contributed by atoms with Gasteiger partial charge < -0.3 is 26.2 Å². The van der Waals surface area contributed by atoms with Crippen LogP contribution in [0, 0.1) is 0 Å². The van der Waals surface area contributed by atoms with Crippen LogP contribution in [0.15, 0.2) is 28.7 Å². The number of likely N-dealkylation sites (tertiary alicyclic amines) is 1. The molecule has 7 nitrogen and oxygen atoms in total. The second-order valence-corrected chi connectivity index (χ2v) is 6.92. The highest BCUT2D eigenvalue weighted by Gasteiger charge is 2.36. The first-order chi connectivity index (χ1) is 11.3. The van der Waals surface area contributed by atoms with Crippen LogP contribution in [0.4, 0.5) is 0 Å². The van der Waals surface area contributed by atoms with Crippen molar-refractivity contribution in [2.45, 2.75) is 37.6 Å². The fourth-order valence-electron chi connectivity index (χ4n) is 2.59. The van der Waals surface area contributed by atoms with Gasteiger partial charge >= 0.3 is 0 Å². The van der Waals surface area contributed by atoms with Crippen LogP contribution in [0.5, 0.6) is 0 Å². The molecule has 5 N–H and O–H groups in total. The minimum Gasteiger partial charge on any atom is -0.380 e. The van der Waals surface area contributed by atoms with Gasteiger partial charge in [-0.1, -0.05) is 28.1 Å². The molecule has 1 aliphatic heterocycles. The van der Waals surface area contributed by atoms with Crippen molar-refractivity contribution < 1.29 is 19.8 Å². The van der Waals surface area contributed by atoms with E-state index in [1.54, 1.807) is 6.92 Å². The zero-order valence-electron chi connectivity index (χ0n) is 13.4. The summed E-state index contributed by atoms with van der Waals surface area (Å²) in [5.74, 6) is -1.48. The summed E-state index contributed by atoms with van der Waals surface area (Å²) in [6.45, 7) is 2.49. The number of amides is 2. The van der Waals surface area contributed by atoms with Gasteiger partial charge in [-0.2, -0.15) is 0 Å². The monoisotopic (exact) mass is 399 g/mol. The van der Waals surface area contributed by atoms with Gasteiger partial charge in [-0.15, -0.1) is 0 Å². The van der Waals surface area contributed by atoms with E-state index in [9.17, 15) is 19.8 Å². The highest BCUT2D eigenvalue weighted by Crippen LogP contribution is 2.17. The van der Waals surface area contributed by atoms with Crippen LogP contribution in [0.2, 0.25) is 0 Å². The predicted molar refractivity (Wildman–Crippen MR) is 91.9 cm³/mol. The Hall–Kier alpha value is -1.48. The van der Waals surface area contributed by atoms with Crippen LogP contribution in [-0.4, -0.2) is 58.3 Å². The molecule has 1 aliphatic rings. The molecule has 0 spiro atoms. The van der Waals surface area contributed by atoms with E-state index in [0.29, 0.717) is 19.5 Å². The van der Waals surface area contributed by atoms with Gasteiger partial charge in [0.15, 0.2) is 12.2 Å². The summed E-state index contributed by atoms with van der Waals surface area (Å²) in [5, 5.41) is 22.5. The molecular formula is C16H22BrN3O4. The number of benzene rings is 1. The van der Waals surface area contributed by atoms with Crippen molar-refractivity contribution in [3.8, 4) is 0 Å². The average Bonchev–Trinajstić information content (AvgIpc) is 2.99. The SMILES string of the molecule is C[C@H](NC(=O)[C@H](O)[C@@H](O)C(=O)N1CC[C@H](N)C1)c1ccc(Br)cc1. The van der Waals surface area contributed by atoms with Crippen LogP contribution < -0.4 is 11.1 Å². The molecule has 0 unspecified atom stereocenters. The number of hydrogen-bond acceptors (Lipinski definition) is 5. The summed E-state index contributed by atoms with van der Waals surface area (Å²) in [6, 6.07) is 6.82. The van der Waals surface area contributed by atoms with Crippen molar-refractivity contribution >= 4 is 27.7 Å². The van der Waals surface area contributed by atoms with Gasteiger partial charge in [0.2, 0.25) is 0 Å². The van der Waals surface area contributed by atoms with Crippen molar-refractivity contribution in [1.82, 2.24) is 10.2 Å². The Labute approximate surface area is 149 Å². The standard InChI is InChI=1S/C16H22BrN3O4/c1-9(10-2-4-11(17)5-3-10)19-15(23)13(21)14(22)16(24)20-7-6-12(18)8-20/h2-5,9,12-14,21-22H,6-8,18H2,1H3,(H,19,23)/t9-,12-,13+,14+/m0/s1. The molecule has 0 saturated carbocycles. The third kappa shape index (κ3) is 4.54. The quantitative estimate of drug-likeness (QED) is 0.551. The molecule has 1 aromatic carbocycles. The third-order valence-corrected chi connectivity index (χ3v) is 4.61. The van der Waals surface area contributed by atoms with E-state index in [1.807, 2.05) is 24.3 Å². The Morgan fingerprint density at radius 1 is 1.29 bits per heavy atom. The molecule has 24 heavy (non-hydrogen) atoms. The van der Waals surface area contributed by atoms with E-state index in [2.05, 4.69) is 21.2 Å². The Balaban J connectivity index is 1.93. The first kappa shape index (κ1) is 18.9. The second-order valence-electron chi connectivity index (χ2n) is 6.00. The molecule has 8 heteroatoms. The average molecular weight is 400 g/mol. The number of rotatable bonds is 5. The lowest BCUT2D eigenvalue weighted by Gasteiger charge is -2.24. The summed E-state index contributed by atoms with van der Waals surface area (Å²) in [6.07, 6.45) is -2.99. The first-order valence-corrected chi connectivity index (χ1v) is 8.55. The number of halogens is 1. The lowest BCUT2D eigenvalue weighted by atomic mass is 10.1.